The Morgan fingerprint density at radius 1 is 1.19 bits per heavy atom. The minimum absolute atomic E-state index is 0.486. The Morgan fingerprint density at radius 3 is 2.73 bits per heavy atom. The molecule has 1 N–H and O–H groups in total. The Morgan fingerprint density at radius 2 is 1.96 bits per heavy atom. The van der Waals surface area contributed by atoms with E-state index in [1.54, 1.807) is 0 Å². The Kier molecular flexibility index (Phi) is 4.04. The molecule has 4 unspecified atom stereocenters. The first-order valence-corrected chi connectivity index (χ1v) is 9.85. The number of nitrogens with zero attached hydrogens (tertiary/aromatic N) is 3. The lowest BCUT2D eigenvalue weighted by Gasteiger charge is -2.23. The van der Waals surface area contributed by atoms with Crippen molar-refractivity contribution in [3.63, 3.8) is 0 Å². The average Bonchev–Trinajstić information content (AvgIpc) is 3.38. The molecule has 3 aliphatic heterocycles. The molecule has 0 saturated carbocycles. The third-order valence-corrected chi connectivity index (χ3v) is 6.20. The molecule has 0 amide bonds. The maximum absolute atomic E-state index is 6.11. The number of nitrogens with one attached hydrogen (secondary N) is 1. The van der Waals surface area contributed by atoms with E-state index in [2.05, 4.69) is 46.4 Å². The van der Waals surface area contributed by atoms with Gasteiger partial charge in [0.1, 0.15) is 0 Å². The number of fused-ring (bicyclic) bond motifs is 6. The van der Waals surface area contributed by atoms with Gasteiger partial charge in [0.05, 0.1) is 24.3 Å². The quantitative estimate of drug-likeness (QED) is 0.683. The summed E-state index contributed by atoms with van der Waals surface area (Å²) in [6.45, 7) is 5.84. The summed E-state index contributed by atoms with van der Waals surface area (Å²) in [5.74, 6) is 2.42. The Balaban J connectivity index is 1.37. The van der Waals surface area contributed by atoms with E-state index >= 15 is 0 Å². The number of hydrogen-bond donors (Lipinski definition) is 1. The van der Waals surface area contributed by atoms with Crippen LogP contribution in [0.1, 0.15) is 25.3 Å². The molecule has 0 aliphatic carbocycles. The largest absolute Gasteiger partial charge is 0.374 e. The normalized spacial score (nSPS) is 30.2. The number of hydrogen-bond acceptors (Lipinski definition) is 3. The van der Waals surface area contributed by atoms with Crippen LogP contribution >= 0.6 is 0 Å². The molecule has 3 aliphatic rings. The summed E-state index contributed by atoms with van der Waals surface area (Å²) >= 11 is 0. The van der Waals surface area contributed by atoms with Crippen molar-refractivity contribution in [3.8, 4) is 0 Å². The molecule has 5 rings (SSSR count). The number of para-hydroxylation sites is 1. The second-order valence-electron chi connectivity index (χ2n) is 7.69. The predicted molar refractivity (Wildman–Crippen MR) is 103 cm³/mol. The summed E-state index contributed by atoms with van der Waals surface area (Å²) in [7, 11) is 0. The SMILES string of the molecule is CCNC(=NCc1cccc2cccnc12)N1CC2C3CCC(O3)C2C1. The van der Waals surface area contributed by atoms with Gasteiger partial charge in [-0.15, -0.1) is 0 Å². The molecule has 136 valence electrons. The summed E-state index contributed by atoms with van der Waals surface area (Å²) < 4.78 is 6.11. The number of benzene rings is 1. The van der Waals surface area contributed by atoms with Gasteiger partial charge in [0.25, 0.3) is 0 Å². The molecule has 4 atom stereocenters. The lowest BCUT2D eigenvalue weighted by Crippen LogP contribution is -2.41. The average molecular weight is 350 g/mol. The molecule has 26 heavy (non-hydrogen) atoms. The van der Waals surface area contributed by atoms with Gasteiger partial charge >= 0.3 is 0 Å². The number of likely N-dealkylation sites (tertiary alicyclic amines) is 1. The van der Waals surface area contributed by atoms with E-state index in [4.69, 9.17) is 9.73 Å². The second-order valence-corrected chi connectivity index (χ2v) is 7.69. The maximum atomic E-state index is 6.11. The van der Waals surface area contributed by atoms with Crippen LogP contribution in [0.4, 0.5) is 0 Å². The van der Waals surface area contributed by atoms with Crippen molar-refractivity contribution < 1.29 is 4.74 Å². The van der Waals surface area contributed by atoms with Gasteiger partial charge in [-0.2, -0.15) is 0 Å². The number of ether oxygens (including phenoxy) is 1. The number of guanidine groups is 1. The highest BCUT2D eigenvalue weighted by Gasteiger charge is 2.53. The Hall–Kier alpha value is -2.14. The van der Waals surface area contributed by atoms with Gasteiger partial charge in [-0.1, -0.05) is 24.3 Å². The van der Waals surface area contributed by atoms with E-state index in [9.17, 15) is 0 Å². The summed E-state index contributed by atoms with van der Waals surface area (Å²) in [5.41, 5.74) is 2.24. The highest BCUT2D eigenvalue weighted by Crippen LogP contribution is 2.47. The fraction of sp³-hybridized carbons (Fsp3) is 0.524. The highest BCUT2D eigenvalue weighted by atomic mass is 16.5. The van der Waals surface area contributed by atoms with Crippen LogP contribution in [0.25, 0.3) is 10.9 Å². The zero-order valence-electron chi connectivity index (χ0n) is 15.3. The van der Waals surface area contributed by atoms with Crippen molar-refractivity contribution in [2.24, 2.45) is 16.8 Å². The van der Waals surface area contributed by atoms with Crippen LogP contribution in [-0.2, 0) is 11.3 Å². The van der Waals surface area contributed by atoms with Gasteiger partial charge in [-0.25, -0.2) is 4.99 Å². The standard InChI is InChI=1S/C21H26N4O/c1-2-22-21(25-12-16-17(13-25)19-9-8-18(16)26-19)24-11-15-6-3-5-14-7-4-10-23-20(14)15/h3-7,10,16-19H,2,8-9,11-13H2,1H3,(H,22,24). The van der Waals surface area contributed by atoms with Crippen LogP contribution in [0.15, 0.2) is 41.5 Å². The van der Waals surface area contributed by atoms with Crippen molar-refractivity contribution in [3.05, 3.63) is 42.1 Å². The molecule has 0 spiro atoms. The topological polar surface area (TPSA) is 49.8 Å². The molecular formula is C21H26N4O. The highest BCUT2D eigenvalue weighted by molar-refractivity contribution is 5.83. The first-order valence-electron chi connectivity index (χ1n) is 9.85. The van der Waals surface area contributed by atoms with Gasteiger partial charge < -0.3 is 15.0 Å². The molecule has 2 bridgehead atoms. The molecule has 0 radical (unpaired) electrons. The zero-order chi connectivity index (χ0) is 17.5. The molecule has 3 saturated heterocycles. The molecule has 5 nitrogen and oxygen atoms in total. The van der Waals surface area contributed by atoms with Crippen LogP contribution in [0.3, 0.4) is 0 Å². The molecule has 5 heteroatoms. The smallest absolute Gasteiger partial charge is 0.194 e. The van der Waals surface area contributed by atoms with Crippen molar-refractivity contribution in [1.82, 2.24) is 15.2 Å². The molecular weight excluding hydrogens is 324 g/mol. The van der Waals surface area contributed by atoms with E-state index < -0.39 is 0 Å². The van der Waals surface area contributed by atoms with E-state index in [0.29, 0.717) is 30.6 Å². The Labute approximate surface area is 154 Å². The fourth-order valence-corrected chi connectivity index (χ4v) is 5.01. The molecule has 3 fully saturated rings. The molecule has 2 aromatic rings. The number of aliphatic imine (C=N–C) groups is 1. The van der Waals surface area contributed by atoms with Crippen LogP contribution < -0.4 is 5.32 Å². The minimum Gasteiger partial charge on any atom is -0.374 e. The van der Waals surface area contributed by atoms with Crippen LogP contribution in [0.2, 0.25) is 0 Å². The van der Waals surface area contributed by atoms with E-state index in [-0.39, 0.29) is 0 Å². The van der Waals surface area contributed by atoms with Crippen molar-refractivity contribution >= 4 is 16.9 Å². The van der Waals surface area contributed by atoms with Gasteiger partial charge in [-0.05, 0) is 31.4 Å². The van der Waals surface area contributed by atoms with E-state index in [1.807, 2.05) is 12.3 Å². The molecule has 4 heterocycles. The van der Waals surface area contributed by atoms with Gasteiger partial charge in [0, 0.05) is 43.1 Å². The number of pyridine rings is 1. The first kappa shape index (κ1) is 16.1. The predicted octanol–water partition coefficient (Wildman–Crippen LogP) is 2.81. The van der Waals surface area contributed by atoms with Gasteiger partial charge in [-0.3, -0.25) is 4.98 Å². The molecule has 1 aromatic carbocycles. The minimum atomic E-state index is 0.486. The van der Waals surface area contributed by atoms with Crippen molar-refractivity contribution in [2.75, 3.05) is 19.6 Å². The summed E-state index contributed by atoms with van der Waals surface area (Å²) in [5, 5.41) is 4.67. The summed E-state index contributed by atoms with van der Waals surface area (Å²) in [4.78, 5) is 12.0. The maximum Gasteiger partial charge on any atom is 0.194 e. The summed E-state index contributed by atoms with van der Waals surface area (Å²) in [6, 6.07) is 10.4. The Bertz CT molecular complexity index is 812. The van der Waals surface area contributed by atoms with Crippen LogP contribution in [0.5, 0.6) is 0 Å². The van der Waals surface area contributed by atoms with E-state index in [0.717, 1.165) is 31.1 Å². The van der Waals surface area contributed by atoms with E-state index in [1.165, 1.54) is 23.8 Å². The van der Waals surface area contributed by atoms with Crippen molar-refractivity contribution in [1.29, 1.82) is 0 Å². The first-order chi connectivity index (χ1) is 12.8. The summed E-state index contributed by atoms with van der Waals surface area (Å²) in [6.07, 6.45) is 5.32. The van der Waals surface area contributed by atoms with Gasteiger partial charge in [0.2, 0.25) is 0 Å². The second kappa shape index (κ2) is 6.54. The van der Waals surface area contributed by atoms with Gasteiger partial charge in [0.15, 0.2) is 5.96 Å². The number of aromatic nitrogens is 1. The lowest BCUT2D eigenvalue weighted by atomic mass is 9.82. The monoisotopic (exact) mass is 350 g/mol. The third-order valence-electron chi connectivity index (χ3n) is 6.20. The number of rotatable bonds is 3. The molecule has 1 aromatic heterocycles. The van der Waals surface area contributed by atoms with Crippen molar-refractivity contribution in [2.45, 2.75) is 38.5 Å². The third kappa shape index (κ3) is 2.65. The fourth-order valence-electron chi connectivity index (χ4n) is 5.01. The lowest BCUT2D eigenvalue weighted by molar-refractivity contribution is 0.0767. The van der Waals surface area contributed by atoms with Crippen LogP contribution in [0, 0.1) is 11.8 Å². The van der Waals surface area contributed by atoms with Crippen LogP contribution in [-0.4, -0.2) is 47.7 Å². The zero-order valence-corrected chi connectivity index (χ0v) is 15.3.